The molecule has 2 N–H and O–H groups in total. The number of carbonyl (C=O) groups excluding carboxylic acids is 2. The van der Waals surface area contributed by atoms with Gasteiger partial charge in [0.05, 0.1) is 16.3 Å². The van der Waals surface area contributed by atoms with E-state index in [1.165, 1.54) is 25.1 Å². The minimum absolute atomic E-state index is 0.224. The van der Waals surface area contributed by atoms with Crippen LogP contribution in [0.25, 0.3) is 11.1 Å². The summed E-state index contributed by atoms with van der Waals surface area (Å²) >= 11 is 6.19. The largest absolute Gasteiger partial charge is 0.416 e. The van der Waals surface area contributed by atoms with Crippen LogP contribution in [0.15, 0.2) is 66.7 Å². The van der Waals surface area contributed by atoms with Crippen molar-refractivity contribution in [2.24, 2.45) is 0 Å². The van der Waals surface area contributed by atoms with Crippen molar-refractivity contribution in [3.63, 3.8) is 0 Å². The van der Waals surface area contributed by atoms with Crippen molar-refractivity contribution in [2.75, 3.05) is 10.6 Å². The average molecular weight is 433 g/mol. The summed E-state index contributed by atoms with van der Waals surface area (Å²) in [7, 11) is 0. The van der Waals surface area contributed by atoms with Crippen LogP contribution in [0.2, 0.25) is 5.02 Å². The van der Waals surface area contributed by atoms with Crippen LogP contribution in [0.1, 0.15) is 22.8 Å². The maximum absolute atomic E-state index is 12.8. The Bertz CT molecular complexity index is 1100. The van der Waals surface area contributed by atoms with Gasteiger partial charge in [0.1, 0.15) is 0 Å². The van der Waals surface area contributed by atoms with E-state index in [-0.39, 0.29) is 16.5 Å². The molecule has 0 spiro atoms. The van der Waals surface area contributed by atoms with Gasteiger partial charge in [0.15, 0.2) is 0 Å². The Labute approximate surface area is 175 Å². The number of benzene rings is 3. The van der Waals surface area contributed by atoms with Crippen molar-refractivity contribution in [3.05, 3.63) is 82.9 Å². The Morgan fingerprint density at radius 3 is 2.17 bits per heavy atom. The first-order valence-corrected chi connectivity index (χ1v) is 9.18. The van der Waals surface area contributed by atoms with Gasteiger partial charge in [-0.15, -0.1) is 0 Å². The Morgan fingerprint density at radius 1 is 0.900 bits per heavy atom. The van der Waals surface area contributed by atoms with Crippen LogP contribution in [-0.4, -0.2) is 11.8 Å². The fourth-order valence-electron chi connectivity index (χ4n) is 2.86. The number of halogens is 4. The summed E-state index contributed by atoms with van der Waals surface area (Å²) in [5.41, 5.74) is 1.28. The molecule has 0 aromatic heterocycles. The molecule has 3 rings (SSSR count). The molecule has 3 aromatic rings. The molecule has 0 aliphatic heterocycles. The number of hydrogen-bond acceptors (Lipinski definition) is 2. The van der Waals surface area contributed by atoms with Gasteiger partial charge in [-0.1, -0.05) is 41.9 Å². The quantitative estimate of drug-likeness (QED) is 0.513. The Hall–Kier alpha value is -3.32. The molecule has 0 unspecified atom stereocenters. The average Bonchev–Trinajstić information content (AvgIpc) is 2.69. The van der Waals surface area contributed by atoms with Gasteiger partial charge in [-0.2, -0.15) is 13.2 Å². The van der Waals surface area contributed by atoms with Crippen molar-refractivity contribution < 1.29 is 22.8 Å². The van der Waals surface area contributed by atoms with Crippen molar-refractivity contribution in [2.45, 2.75) is 13.1 Å². The molecule has 0 aliphatic rings. The summed E-state index contributed by atoms with van der Waals surface area (Å²) < 4.78 is 38.4. The highest BCUT2D eigenvalue weighted by Crippen LogP contribution is 2.32. The predicted octanol–water partition coefficient (Wildman–Crippen LogP) is 6.24. The molecule has 0 aliphatic carbocycles. The van der Waals surface area contributed by atoms with Crippen LogP contribution in [0.3, 0.4) is 0 Å². The molecule has 0 fully saturated rings. The second-order valence-corrected chi connectivity index (χ2v) is 6.86. The zero-order chi connectivity index (χ0) is 21.9. The van der Waals surface area contributed by atoms with Crippen molar-refractivity contribution >= 4 is 34.8 Å². The van der Waals surface area contributed by atoms with Crippen LogP contribution < -0.4 is 10.6 Å². The summed E-state index contributed by atoms with van der Waals surface area (Å²) in [6, 6.07) is 15.8. The highest BCUT2D eigenvalue weighted by atomic mass is 35.5. The number of hydrogen-bond donors (Lipinski definition) is 2. The molecule has 0 atom stereocenters. The van der Waals surface area contributed by atoms with Crippen LogP contribution in [0.5, 0.6) is 0 Å². The molecule has 0 saturated heterocycles. The highest BCUT2D eigenvalue weighted by molar-refractivity contribution is 6.34. The Morgan fingerprint density at radius 2 is 1.57 bits per heavy atom. The summed E-state index contributed by atoms with van der Waals surface area (Å²) in [5.74, 6) is -0.729. The molecule has 4 nitrogen and oxygen atoms in total. The first-order valence-electron chi connectivity index (χ1n) is 8.80. The molecule has 154 valence electrons. The molecule has 0 saturated carbocycles. The van der Waals surface area contributed by atoms with Gasteiger partial charge in [0.2, 0.25) is 5.91 Å². The Kier molecular flexibility index (Phi) is 6.12. The fourth-order valence-corrected chi connectivity index (χ4v) is 3.09. The van der Waals surface area contributed by atoms with E-state index in [4.69, 9.17) is 11.6 Å². The van der Waals surface area contributed by atoms with E-state index in [0.717, 1.165) is 12.1 Å². The maximum Gasteiger partial charge on any atom is 0.416 e. The summed E-state index contributed by atoms with van der Waals surface area (Å²) in [6.07, 6.45) is -4.43. The van der Waals surface area contributed by atoms with E-state index < -0.39 is 17.6 Å². The third-order valence-corrected chi connectivity index (χ3v) is 4.55. The molecule has 0 radical (unpaired) electrons. The zero-order valence-corrected chi connectivity index (χ0v) is 16.4. The lowest BCUT2D eigenvalue weighted by Crippen LogP contribution is -2.14. The van der Waals surface area contributed by atoms with E-state index in [0.29, 0.717) is 22.5 Å². The smallest absolute Gasteiger partial charge is 0.326 e. The van der Waals surface area contributed by atoms with Gasteiger partial charge < -0.3 is 10.6 Å². The first-order chi connectivity index (χ1) is 14.1. The molecule has 3 aromatic carbocycles. The van der Waals surface area contributed by atoms with Gasteiger partial charge in [-0.25, -0.2) is 0 Å². The number of carbonyl (C=O) groups is 2. The molecule has 2 amide bonds. The standard InChI is InChI=1S/C22H16ClF3N2O2/c1-13(29)27-16-10-11-20(19(23)12-16)28-21(30)18-5-3-2-4-17(18)14-6-8-15(9-7-14)22(24,25)26/h2-12H,1H3,(H,27,29)(H,28,30). The zero-order valence-electron chi connectivity index (χ0n) is 15.7. The van der Waals surface area contributed by atoms with E-state index in [2.05, 4.69) is 10.6 Å². The second kappa shape index (κ2) is 8.59. The minimum atomic E-state index is -4.43. The normalized spacial score (nSPS) is 11.1. The number of anilines is 2. The third-order valence-electron chi connectivity index (χ3n) is 4.23. The fraction of sp³-hybridized carbons (Fsp3) is 0.0909. The monoisotopic (exact) mass is 432 g/mol. The maximum atomic E-state index is 12.8. The topological polar surface area (TPSA) is 58.2 Å². The second-order valence-electron chi connectivity index (χ2n) is 6.45. The molecule has 30 heavy (non-hydrogen) atoms. The number of rotatable bonds is 4. The number of amides is 2. The minimum Gasteiger partial charge on any atom is -0.326 e. The van der Waals surface area contributed by atoms with E-state index in [1.54, 1.807) is 36.4 Å². The predicted molar refractivity (Wildman–Crippen MR) is 111 cm³/mol. The summed E-state index contributed by atoms with van der Waals surface area (Å²) in [4.78, 5) is 24.0. The molecule has 0 bridgehead atoms. The number of nitrogens with one attached hydrogen (secondary N) is 2. The van der Waals surface area contributed by atoms with E-state index >= 15 is 0 Å². The van der Waals surface area contributed by atoms with Gasteiger partial charge in [-0.05, 0) is 47.5 Å². The van der Waals surface area contributed by atoms with E-state index in [1.807, 2.05) is 0 Å². The SMILES string of the molecule is CC(=O)Nc1ccc(NC(=O)c2ccccc2-c2ccc(C(F)(F)F)cc2)c(Cl)c1. The van der Waals surface area contributed by atoms with Crippen LogP contribution in [0, 0.1) is 0 Å². The van der Waals surface area contributed by atoms with Crippen molar-refractivity contribution in [1.29, 1.82) is 0 Å². The lowest BCUT2D eigenvalue weighted by Gasteiger charge is -2.13. The van der Waals surface area contributed by atoms with Gasteiger partial charge in [-0.3, -0.25) is 9.59 Å². The van der Waals surface area contributed by atoms with Gasteiger partial charge in [0.25, 0.3) is 5.91 Å². The van der Waals surface area contributed by atoms with Crippen LogP contribution >= 0.6 is 11.6 Å². The highest BCUT2D eigenvalue weighted by Gasteiger charge is 2.30. The molecular weight excluding hydrogens is 417 g/mol. The van der Waals surface area contributed by atoms with Crippen LogP contribution in [-0.2, 0) is 11.0 Å². The third kappa shape index (κ3) is 4.99. The van der Waals surface area contributed by atoms with E-state index in [9.17, 15) is 22.8 Å². The van der Waals surface area contributed by atoms with Crippen LogP contribution in [0.4, 0.5) is 24.5 Å². The van der Waals surface area contributed by atoms with Crippen molar-refractivity contribution in [3.8, 4) is 11.1 Å². The molecule has 0 heterocycles. The first kappa shape index (κ1) is 21.4. The summed E-state index contributed by atoms with van der Waals surface area (Å²) in [5, 5.41) is 5.50. The lowest BCUT2D eigenvalue weighted by atomic mass is 9.98. The van der Waals surface area contributed by atoms with Crippen molar-refractivity contribution in [1.82, 2.24) is 0 Å². The molecule has 8 heteroatoms. The van der Waals surface area contributed by atoms with Gasteiger partial charge in [0, 0.05) is 18.2 Å². The molecular formula is C22H16ClF3N2O2. The summed E-state index contributed by atoms with van der Waals surface area (Å²) in [6.45, 7) is 1.36. The Balaban J connectivity index is 1.87. The van der Waals surface area contributed by atoms with Gasteiger partial charge >= 0.3 is 6.18 Å². The lowest BCUT2D eigenvalue weighted by molar-refractivity contribution is -0.137. The number of alkyl halides is 3.